The Kier molecular flexibility index (Phi) is 13.5. The Morgan fingerprint density at radius 3 is 0.729 bits per heavy atom. The number of fused-ring (bicyclic) bond motifs is 6. The molecule has 2 heteroatoms. The summed E-state index contributed by atoms with van der Waals surface area (Å²) in [4.78, 5) is 0. The highest BCUT2D eigenvalue weighted by molar-refractivity contribution is 6.91. The third-order valence-electron chi connectivity index (χ3n) is 15.9. The van der Waals surface area contributed by atoms with E-state index in [1.807, 2.05) is 0 Å². The van der Waals surface area contributed by atoms with Crippen LogP contribution in [0.25, 0.3) is 64.6 Å². The van der Waals surface area contributed by atoms with E-state index >= 15 is 0 Å². The van der Waals surface area contributed by atoms with Gasteiger partial charge in [-0.25, -0.2) is 0 Å². The predicted molar refractivity (Wildman–Crippen MR) is 312 cm³/mol. The van der Waals surface area contributed by atoms with Crippen molar-refractivity contribution in [2.45, 2.75) is 116 Å². The van der Waals surface area contributed by atoms with Gasteiger partial charge in [0.25, 0.3) is 0 Å². The van der Waals surface area contributed by atoms with Crippen molar-refractivity contribution in [2.24, 2.45) is 0 Å². The molecule has 0 saturated heterocycles. The molecular formula is C68H66Si2. The van der Waals surface area contributed by atoms with E-state index in [1.54, 1.807) is 0 Å². The van der Waals surface area contributed by atoms with Crippen LogP contribution in [0.5, 0.6) is 0 Å². The molecule has 0 fully saturated rings. The van der Waals surface area contributed by atoms with E-state index in [-0.39, 0.29) is 0 Å². The zero-order valence-electron chi connectivity index (χ0n) is 43.3. The van der Waals surface area contributed by atoms with E-state index in [0.717, 1.165) is 65.7 Å². The minimum absolute atomic E-state index is 0.546. The first-order chi connectivity index (χ1) is 33.6. The molecule has 0 saturated carbocycles. The second-order valence-corrected chi connectivity index (χ2v) is 32.6. The van der Waals surface area contributed by atoms with Crippen molar-refractivity contribution in [1.82, 2.24) is 0 Å². The molecule has 9 aromatic rings. The van der Waals surface area contributed by atoms with Crippen LogP contribution < -0.4 is 0 Å². The van der Waals surface area contributed by atoms with Gasteiger partial charge in [-0.05, 0) is 146 Å². The molecule has 0 aliphatic rings. The summed E-state index contributed by atoms with van der Waals surface area (Å²) in [6.45, 7) is 28.7. The van der Waals surface area contributed by atoms with Crippen molar-refractivity contribution < 1.29 is 0 Å². The molecule has 0 aliphatic carbocycles. The molecule has 70 heavy (non-hydrogen) atoms. The molecule has 0 N–H and O–H groups in total. The van der Waals surface area contributed by atoms with E-state index in [9.17, 15) is 0 Å². The number of hydrogen-bond donors (Lipinski definition) is 0. The minimum Gasteiger partial charge on any atom is -0.125 e. The van der Waals surface area contributed by atoms with Crippen molar-refractivity contribution in [3.8, 4) is 46.6 Å². The van der Waals surface area contributed by atoms with Crippen LogP contribution in [-0.4, -0.2) is 16.1 Å². The number of rotatable bonds is 6. The van der Waals surface area contributed by atoms with Crippen molar-refractivity contribution in [3.05, 3.63) is 179 Å². The molecule has 9 rings (SSSR count). The third kappa shape index (κ3) is 8.54. The summed E-state index contributed by atoms with van der Waals surface area (Å²) < 4.78 is 0. The molecular weight excluding hydrogens is 873 g/mol. The molecule has 0 amide bonds. The summed E-state index contributed by atoms with van der Waals surface area (Å²) >= 11 is 0. The Morgan fingerprint density at radius 1 is 0.257 bits per heavy atom. The van der Waals surface area contributed by atoms with Gasteiger partial charge in [0, 0.05) is 33.4 Å². The lowest BCUT2D eigenvalue weighted by atomic mass is 9.90. The first-order valence-corrected chi connectivity index (χ1v) is 30.1. The fraction of sp³-hybridized carbons (Fsp3) is 0.265. The van der Waals surface area contributed by atoms with E-state index < -0.39 is 16.1 Å². The first-order valence-electron chi connectivity index (χ1n) is 25.6. The first kappa shape index (κ1) is 48.2. The minimum atomic E-state index is -2.00. The monoisotopic (exact) mass is 938 g/mol. The lowest BCUT2D eigenvalue weighted by molar-refractivity contribution is 0.838. The smallest absolute Gasteiger partial charge is 0.125 e. The van der Waals surface area contributed by atoms with Gasteiger partial charge in [0.05, 0.1) is 0 Å². The van der Waals surface area contributed by atoms with Gasteiger partial charge in [-0.3, -0.25) is 0 Å². The standard InChI is InChI=1S/C68H66Si2/c1-45(2)69(46(3)4,47(5)6)39-37-63-59-27-19-17-25-57(59)61(65-41-53-21-13-15-23-55(53)43-67(63)65)35-33-51-29-31-52(32-30-51)34-36-62-58-26-18-20-28-60(58)64(38-40-70(48(7)8,49(9)10)50(11)12)68-44-56-24-16-14-22-54(56)42-66(62)68/h13-32,41-50H,1-12H3. The highest BCUT2D eigenvalue weighted by Crippen LogP contribution is 2.44. The summed E-state index contributed by atoms with van der Waals surface area (Å²) in [6, 6.07) is 52.6. The SMILES string of the molecule is CC(C)[Si](C#Cc1c2ccccc2c(C#Cc2ccc(C#Cc3c4ccccc4c(C#C[Si](C(C)C)(C(C)C)C(C)C)c4cc5ccccc5cc34)cc2)c2cc3ccccc3cc12)(C(C)C)C(C)C. The van der Waals surface area contributed by atoms with Crippen LogP contribution >= 0.6 is 0 Å². The summed E-state index contributed by atoms with van der Waals surface area (Å²) in [5, 5.41) is 14.1. The highest BCUT2D eigenvalue weighted by atomic mass is 28.3. The van der Waals surface area contributed by atoms with Crippen LogP contribution in [0.2, 0.25) is 33.2 Å². The van der Waals surface area contributed by atoms with Gasteiger partial charge in [0.2, 0.25) is 0 Å². The van der Waals surface area contributed by atoms with Gasteiger partial charge in [0.15, 0.2) is 0 Å². The summed E-state index contributed by atoms with van der Waals surface area (Å²) in [5.74, 6) is 22.4. The quantitative estimate of drug-likeness (QED) is 0.0885. The maximum absolute atomic E-state index is 4.07. The summed E-state index contributed by atoms with van der Waals surface area (Å²) in [5.41, 5.74) is 17.6. The van der Waals surface area contributed by atoms with Crippen LogP contribution in [0.1, 0.15) is 116 Å². The lowest BCUT2D eigenvalue weighted by Gasteiger charge is -2.38. The molecule has 0 radical (unpaired) electrons. The molecule has 0 aliphatic heterocycles. The summed E-state index contributed by atoms with van der Waals surface area (Å²) in [7, 11) is -4.00. The Morgan fingerprint density at radius 2 is 0.486 bits per heavy atom. The Labute approximate surface area is 420 Å². The second kappa shape index (κ2) is 19.5. The average Bonchev–Trinajstić information content (AvgIpc) is 3.34. The van der Waals surface area contributed by atoms with Crippen LogP contribution in [0.15, 0.2) is 146 Å². The van der Waals surface area contributed by atoms with E-state index in [4.69, 9.17) is 0 Å². The van der Waals surface area contributed by atoms with Crippen LogP contribution in [0.4, 0.5) is 0 Å². The van der Waals surface area contributed by atoms with Crippen molar-refractivity contribution in [2.75, 3.05) is 0 Å². The average molecular weight is 939 g/mol. The molecule has 0 aromatic heterocycles. The highest BCUT2D eigenvalue weighted by Gasteiger charge is 2.43. The Bertz CT molecular complexity index is 3460. The van der Waals surface area contributed by atoms with Crippen molar-refractivity contribution >= 4 is 80.8 Å². The zero-order chi connectivity index (χ0) is 49.5. The summed E-state index contributed by atoms with van der Waals surface area (Å²) in [6.07, 6.45) is 0. The Hall–Kier alpha value is -6.79. The van der Waals surface area contributed by atoms with Gasteiger partial charge >= 0.3 is 0 Å². The largest absolute Gasteiger partial charge is 0.146 e. The maximum atomic E-state index is 4.07. The topological polar surface area (TPSA) is 0 Å². The Balaban J connectivity index is 1.16. The van der Waals surface area contributed by atoms with Crippen molar-refractivity contribution in [1.29, 1.82) is 0 Å². The zero-order valence-corrected chi connectivity index (χ0v) is 45.3. The molecule has 0 atom stereocenters. The molecule has 0 spiro atoms. The molecule has 346 valence electrons. The maximum Gasteiger partial charge on any atom is 0.146 e. The molecule has 0 unspecified atom stereocenters. The molecule has 0 bridgehead atoms. The molecule has 9 aromatic carbocycles. The van der Waals surface area contributed by atoms with E-state index in [2.05, 4.69) is 275 Å². The van der Waals surface area contributed by atoms with E-state index in [1.165, 1.54) is 32.3 Å². The van der Waals surface area contributed by atoms with Gasteiger partial charge in [-0.15, -0.1) is 11.1 Å². The van der Waals surface area contributed by atoms with Crippen molar-refractivity contribution in [3.63, 3.8) is 0 Å². The van der Waals surface area contributed by atoms with Gasteiger partial charge in [0.1, 0.15) is 16.1 Å². The molecule has 0 heterocycles. The second-order valence-electron chi connectivity index (χ2n) is 21.5. The van der Waals surface area contributed by atoms with E-state index in [0.29, 0.717) is 33.2 Å². The lowest BCUT2D eigenvalue weighted by Crippen LogP contribution is -2.43. The normalized spacial score (nSPS) is 12.0. The van der Waals surface area contributed by atoms with Crippen LogP contribution in [0.3, 0.4) is 0 Å². The van der Waals surface area contributed by atoms with Crippen LogP contribution in [-0.2, 0) is 0 Å². The van der Waals surface area contributed by atoms with Crippen LogP contribution in [0, 0.1) is 46.6 Å². The number of hydrogen-bond acceptors (Lipinski definition) is 0. The number of benzene rings is 9. The fourth-order valence-corrected chi connectivity index (χ4v) is 22.8. The third-order valence-corrected chi connectivity index (χ3v) is 28.4. The fourth-order valence-electron chi connectivity index (χ4n) is 12.4. The molecule has 0 nitrogen and oxygen atoms in total. The predicted octanol–water partition coefficient (Wildman–Crippen LogP) is 18.5. The van der Waals surface area contributed by atoms with Gasteiger partial charge in [-0.1, -0.05) is 216 Å². The van der Waals surface area contributed by atoms with Gasteiger partial charge in [-0.2, -0.15) is 0 Å². The van der Waals surface area contributed by atoms with Gasteiger partial charge < -0.3 is 0 Å².